The Morgan fingerprint density at radius 3 is 2.67 bits per heavy atom. The summed E-state index contributed by atoms with van der Waals surface area (Å²) in [6, 6.07) is 8.34. The van der Waals surface area contributed by atoms with Crippen LogP contribution in [0.5, 0.6) is 0 Å². The lowest BCUT2D eigenvalue weighted by Gasteiger charge is -2.09. The van der Waals surface area contributed by atoms with Crippen LogP contribution in [0.25, 0.3) is 0 Å². The van der Waals surface area contributed by atoms with Crippen molar-refractivity contribution in [3.05, 3.63) is 27.8 Å². The summed E-state index contributed by atoms with van der Waals surface area (Å²) in [4.78, 5) is 0. The molecule has 1 nitrogen and oxygen atoms in total. The second kappa shape index (κ2) is 5.26. The number of hydrogen-bond acceptors (Lipinski definition) is 1. The van der Waals surface area contributed by atoms with Crippen molar-refractivity contribution in [3.63, 3.8) is 0 Å². The Morgan fingerprint density at radius 1 is 1.42 bits per heavy atom. The molecule has 0 fully saturated rings. The van der Waals surface area contributed by atoms with Gasteiger partial charge in [-0.05, 0) is 34.7 Å². The number of halogens is 2. The molecule has 1 unspecified atom stereocenters. The van der Waals surface area contributed by atoms with E-state index in [1.807, 2.05) is 0 Å². The van der Waals surface area contributed by atoms with Crippen LogP contribution in [0, 0.1) is 3.57 Å². The van der Waals surface area contributed by atoms with Gasteiger partial charge in [0.15, 0.2) is 0 Å². The van der Waals surface area contributed by atoms with Crippen LogP contribution in [0.3, 0.4) is 0 Å². The Bertz CT molecular complexity index is 248. The fraction of sp³-hybridized carbons (Fsp3) is 0.333. The zero-order valence-electron chi connectivity index (χ0n) is 6.85. The van der Waals surface area contributed by atoms with Crippen LogP contribution >= 0.6 is 45.2 Å². The van der Waals surface area contributed by atoms with Gasteiger partial charge in [0.05, 0.1) is 0 Å². The summed E-state index contributed by atoms with van der Waals surface area (Å²) in [7, 11) is 0. The third kappa shape index (κ3) is 3.47. The molecule has 1 aromatic rings. The monoisotopic (exact) mass is 387 g/mol. The predicted molar refractivity (Wildman–Crippen MR) is 71.1 cm³/mol. The van der Waals surface area contributed by atoms with Gasteiger partial charge in [0, 0.05) is 19.7 Å². The molecule has 1 rings (SSSR count). The van der Waals surface area contributed by atoms with Crippen LogP contribution in [0.1, 0.15) is 6.92 Å². The Kier molecular flexibility index (Phi) is 4.63. The van der Waals surface area contributed by atoms with Gasteiger partial charge >= 0.3 is 0 Å². The molecule has 3 heteroatoms. The first-order valence-corrected chi connectivity index (χ1v) is 6.15. The zero-order chi connectivity index (χ0) is 8.97. The van der Waals surface area contributed by atoms with Crippen molar-refractivity contribution >= 4 is 50.9 Å². The minimum Gasteiger partial charge on any atom is -0.383 e. The average Bonchev–Trinajstić information content (AvgIpc) is 2.03. The SMILES string of the molecule is CC(I)CNc1ccccc1I. The highest BCUT2D eigenvalue weighted by atomic mass is 127. The summed E-state index contributed by atoms with van der Waals surface area (Å²) in [6.45, 7) is 3.23. The van der Waals surface area contributed by atoms with Gasteiger partial charge in [-0.1, -0.05) is 41.6 Å². The third-order valence-corrected chi connectivity index (χ3v) is 2.83. The fourth-order valence-corrected chi connectivity index (χ4v) is 1.65. The second-order valence-electron chi connectivity index (χ2n) is 2.64. The number of para-hydroxylation sites is 1. The van der Waals surface area contributed by atoms with Crippen molar-refractivity contribution in [3.8, 4) is 0 Å². The third-order valence-electron chi connectivity index (χ3n) is 1.45. The van der Waals surface area contributed by atoms with Crippen molar-refractivity contribution in [2.45, 2.75) is 10.8 Å². The molecule has 0 aliphatic heterocycles. The second-order valence-corrected chi connectivity index (χ2v) is 5.93. The van der Waals surface area contributed by atoms with Crippen LogP contribution in [0.2, 0.25) is 0 Å². The van der Waals surface area contributed by atoms with Crippen LogP contribution in [0.15, 0.2) is 24.3 Å². The summed E-state index contributed by atoms with van der Waals surface area (Å²) in [5.41, 5.74) is 1.24. The number of hydrogen-bond donors (Lipinski definition) is 1. The Balaban J connectivity index is 2.57. The minimum absolute atomic E-state index is 0.665. The van der Waals surface area contributed by atoms with Crippen molar-refractivity contribution in [1.29, 1.82) is 0 Å². The topological polar surface area (TPSA) is 12.0 Å². The quantitative estimate of drug-likeness (QED) is 0.619. The van der Waals surface area contributed by atoms with E-state index in [1.54, 1.807) is 0 Å². The molecule has 0 aliphatic rings. The first-order valence-electron chi connectivity index (χ1n) is 3.82. The van der Waals surface area contributed by atoms with E-state index in [1.165, 1.54) is 9.26 Å². The van der Waals surface area contributed by atoms with Gasteiger partial charge < -0.3 is 5.32 Å². The summed E-state index contributed by atoms with van der Waals surface area (Å²) < 4.78 is 1.95. The van der Waals surface area contributed by atoms with Crippen LogP contribution in [0.4, 0.5) is 5.69 Å². The molecule has 1 atom stereocenters. The number of anilines is 1. The molecule has 0 saturated heterocycles. The molecule has 0 bridgehead atoms. The molecule has 1 aromatic carbocycles. The van der Waals surface area contributed by atoms with Gasteiger partial charge in [-0.15, -0.1) is 0 Å². The molecule has 0 radical (unpaired) electrons. The van der Waals surface area contributed by atoms with E-state index in [-0.39, 0.29) is 0 Å². The van der Waals surface area contributed by atoms with E-state index < -0.39 is 0 Å². The number of nitrogens with one attached hydrogen (secondary N) is 1. The van der Waals surface area contributed by atoms with Crippen LogP contribution in [-0.2, 0) is 0 Å². The van der Waals surface area contributed by atoms with Crippen molar-refractivity contribution < 1.29 is 0 Å². The van der Waals surface area contributed by atoms with E-state index in [2.05, 4.69) is 81.7 Å². The van der Waals surface area contributed by atoms with Gasteiger partial charge in [-0.2, -0.15) is 0 Å². The molecule has 0 heterocycles. The number of rotatable bonds is 3. The molecule has 0 spiro atoms. The number of benzene rings is 1. The predicted octanol–water partition coefficient (Wildman–Crippen LogP) is 3.53. The maximum Gasteiger partial charge on any atom is 0.0476 e. The Hall–Kier alpha value is 0.480. The van der Waals surface area contributed by atoms with E-state index in [0.29, 0.717) is 3.92 Å². The molecular weight excluding hydrogens is 376 g/mol. The van der Waals surface area contributed by atoms with Gasteiger partial charge in [-0.25, -0.2) is 0 Å². The molecular formula is C9H11I2N. The average molecular weight is 387 g/mol. The van der Waals surface area contributed by atoms with E-state index in [0.717, 1.165) is 6.54 Å². The highest BCUT2D eigenvalue weighted by Crippen LogP contribution is 2.17. The van der Waals surface area contributed by atoms with Crippen LogP contribution < -0.4 is 5.32 Å². The summed E-state index contributed by atoms with van der Waals surface area (Å²) in [5, 5.41) is 3.40. The van der Waals surface area contributed by atoms with E-state index >= 15 is 0 Å². The fourth-order valence-electron chi connectivity index (χ4n) is 0.855. The van der Waals surface area contributed by atoms with Crippen LogP contribution in [-0.4, -0.2) is 10.5 Å². The van der Waals surface area contributed by atoms with Gasteiger partial charge in [0.2, 0.25) is 0 Å². The first kappa shape index (κ1) is 10.6. The molecule has 0 aliphatic carbocycles. The lowest BCUT2D eigenvalue weighted by atomic mass is 10.3. The highest BCUT2D eigenvalue weighted by Gasteiger charge is 1.98. The lowest BCUT2D eigenvalue weighted by molar-refractivity contribution is 1.03. The molecule has 12 heavy (non-hydrogen) atoms. The van der Waals surface area contributed by atoms with Crippen molar-refractivity contribution in [1.82, 2.24) is 0 Å². The Morgan fingerprint density at radius 2 is 2.08 bits per heavy atom. The smallest absolute Gasteiger partial charge is 0.0476 e. The molecule has 0 aromatic heterocycles. The van der Waals surface area contributed by atoms with Gasteiger partial charge in [0.25, 0.3) is 0 Å². The Labute approximate surface area is 101 Å². The molecule has 1 N–H and O–H groups in total. The standard InChI is InChI=1S/C9H11I2N/c1-7(10)6-12-9-5-3-2-4-8(9)11/h2-5,7,12H,6H2,1H3. The van der Waals surface area contributed by atoms with Gasteiger partial charge in [-0.3, -0.25) is 0 Å². The summed E-state index contributed by atoms with van der Waals surface area (Å²) in [5.74, 6) is 0. The zero-order valence-corrected chi connectivity index (χ0v) is 11.2. The number of alkyl halides is 1. The largest absolute Gasteiger partial charge is 0.383 e. The summed E-state index contributed by atoms with van der Waals surface area (Å²) >= 11 is 4.76. The van der Waals surface area contributed by atoms with Gasteiger partial charge in [0.1, 0.15) is 0 Å². The van der Waals surface area contributed by atoms with Crippen molar-refractivity contribution in [2.75, 3.05) is 11.9 Å². The lowest BCUT2D eigenvalue weighted by Crippen LogP contribution is -2.10. The highest BCUT2D eigenvalue weighted by molar-refractivity contribution is 14.1. The van der Waals surface area contributed by atoms with E-state index in [4.69, 9.17) is 0 Å². The minimum atomic E-state index is 0.665. The molecule has 0 saturated carbocycles. The summed E-state index contributed by atoms with van der Waals surface area (Å²) in [6.07, 6.45) is 0. The van der Waals surface area contributed by atoms with E-state index in [9.17, 15) is 0 Å². The molecule has 0 amide bonds. The maximum atomic E-state index is 3.40. The van der Waals surface area contributed by atoms with Crippen molar-refractivity contribution in [2.24, 2.45) is 0 Å². The molecule has 66 valence electrons. The first-order chi connectivity index (χ1) is 5.70. The normalized spacial score (nSPS) is 12.6. The maximum absolute atomic E-state index is 3.40.